The quantitative estimate of drug-likeness (QED) is 0.259. The Hall–Kier alpha value is -4.06. The summed E-state index contributed by atoms with van der Waals surface area (Å²) in [5.74, 6) is -0.113. The number of nitro groups is 1. The number of halogens is 2. The van der Waals surface area contributed by atoms with Crippen molar-refractivity contribution in [3.8, 4) is 5.75 Å². The Kier molecular flexibility index (Phi) is 7.18. The lowest BCUT2D eigenvalue weighted by molar-refractivity contribution is -0.384. The van der Waals surface area contributed by atoms with Gasteiger partial charge in [-0.3, -0.25) is 20.3 Å². The number of hydrogen-bond acceptors (Lipinski definition) is 7. The van der Waals surface area contributed by atoms with E-state index in [1.165, 1.54) is 49.4 Å². The van der Waals surface area contributed by atoms with Gasteiger partial charge in [0.25, 0.3) is 15.7 Å². The summed E-state index contributed by atoms with van der Waals surface area (Å²) in [6, 6.07) is 17.3. The first-order chi connectivity index (χ1) is 15.7. The van der Waals surface area contributed by atoms with Gasteiger partial charge in [0.15, 0.2) is 0 Å². The molecule has 0 heterocycles. The Morgan fingerprint density at radius 3 is 2.39 bits per heavy atom. The third-order valence-corrected chi connectivity index (χ3v) is 5.72. The first kappa shape index (κ1) is 23.6. The van der Waals surface area contributed by atoms with Gasteiger partial charge in [-0.15, -0.1) is 0 Å². The van der Waals surface area contributed by atoms with E-state index >= 15 is 0 Å². The predicted molar refractivity (Wildman–Crippen MR) is 119 cm³/mol. The molecular weight excluding hydrogens is 458 g/mol. The summed E-state index contributed by atoms with van der Waals surface area (Å²) >= 11 is 0. The molecule has 172 valence electrons. The van der Waals surface area contributed by atoms with Crippen molar-refractivity contribution in [3.05, 3.63) is 88.5 Å². The van der Waals surface area contributed by atoms with E-state index in [1.807, 2.05) is 0 Å². The lowest BCUT2D eigenvalue weighted by Crippen LogP contribution is -2.13. The van der Waals surface area contributed by atoms with E-state index in [2.05, 4.69) is 20.0 Å². The number of nitrogens with zero attached hydrogens (tertiary/aromatic N) is 2. The van der Waals surface area contributed by atoms with Crippen molar-refractivity contribution < 1.29 is 26.9 Å². The molecule has 3 aromatic rings. The molecule has 0 aliphatic heterocycles. The highest BCUT2D eigenvalue weighted by Crippen LogP contribution is 2.29. The van der Waals surface area contributed by atoms with Crippen LogP contribution in [0.25, 0.3) is 0 Å². The molecule has 0 aliphatic rings. The number of anilines is 2. The van der Waals surface area contributed by atoms with Gasteiger partial charge in [-0.2, -0.15) is 13.9 Å². The zero-order chi connectivity index (χ0) is 24.0. The Balaban J connectivity index is 1.88. The molecule has 3 rings (SSSR count). The van der Waals surface area contributed by atoms with E-state index in [0.717, 1.165) is 6.07 Å². The summed E-state index contributed by atoms with van der Waals surface area (Å²) in [5.41, 5.74) is 2.61. The lowest BCUT2D eigenvalue weighted by atomic mass is 10.1. The molecule has 0 aliphatic carbocycles. The highest BCUT2D eigenvalue weighted by molar-refractivity contribution is 7.92. The average molecular weight is 476 g/mol. The first-order valence-corrected chi connectivity index (χ1v) is 10.9. The zero-order valence-corrected chi connectivity index (χ0v) is 17.9. The summed E-state index contributed by atoms with van der Waals surface area (Å²) in [7, 11) is -4.08. The number of hydrogen-bond donors (Lipinski definition) is 2. The van der Waals surface area contributed by atoms with Crippen molar-refractivity contribution in [2.24, 2.45) is 5.10 Å². The minimum atomic E-state index is -4.08. The third-order valence-electron chi connectivity index (χ3n) is 4.34. The first-order valence-electron chi connectivity index (χ1n) is 9.38. The van der Waals surface area contributed by atoms with Crippen molar-refractivity contribution in [1.29, 1.82) is 0 Å². The molecule has 33 heavy (non-hydrogen) atoms. The fourth-order valence-electron chi connectivity index (χ4n) is 2.81. The van der Waals surface area contributed by atoms with Crippen LogP contribution in [-0.2, 0) is 10.0 Å². The zero-order valence-electron chi connectivity index (χ0n) is 17.1. The minimum absolute atomic E-state index is 0.0923. The van der Waals surface area contributed by atoms with Gasteiger partial charge in [-0.25, -0.2) is 8.42 Å². The third kappa shape index (κ3) is 6.01. The van der Waals surface area contributed by atoms with Crippen molar-refractivity contribution in [2.75, 3.05) is 10.1 Å². The van der Waals surface area contributed by atoms with E-state index in [0.29, 0.717) is 5.69 Å². The largest absolute Gasteiger partial charge is 0.434 e. The van der Waals surface area contributed by atoms with E-state index in [-0.39, 0.29) is 27.6 Å². The number of para-hydroxylation sites is 2. The number of nitrogens with one attached hydrogen (secondary N) is 2. The SMILES string of the molecule is C/C(=N/Nc1ccc(S(=O)(=O)Nc2ccccc2)cc1[N+](=O)[O-])c1ccccc1OC(F)F. The van der Waals surface area contributed by atoms with E-state index in [1.54, 1.807) is 24.3 Å². The minimum Gasteiger partial charge on any atom is -0.434 e. The van der Waals surface area contributed by atoms with Crippen LogP contribution < -0.4 is 14.9 Å². The maximum atomic E-state index is 12.6. The Morgan fingerprint density at radius 2 is 1.73 bits per heavy atom. The molecule has 0 bridgehead atoms. The highest BCUT2D eigenvalue weighted by Gasteiger charge is 2.22. The van der Waals surface area contributed by atoms with Crippen LogP contribution in [0.1, 0.15) is 12.5 Å². The predicted octanol–water partition coefficient (Wildman–Crippen LogP) is 4.83. The van der Waals surface area contributed by atoms with Crippen molar-refractivity contribution in [3.63, 3.8) is 0 Å². The van der Waals surface area contributed by atoms with Gasteiger partial charge in [0, 0.05) is 17.3 Å². The van der Waals surface area contributed by atoms with Gasteiger partial charge in [-0.1, -0.05) is 30.3 Å². The number of alkyl halides is 2. The molecule has 0 amide bonds. The smallest absolute Gasteiger partial charge is 0.387 e. The molecule has 0 unspecified atom stereocenters. The Labute approximate surface area is 187 Å². The summed E-state index contributed by atoms with van der Waals surface area (Å²) in [6.07, 6.45) is 0. The van der Waals surface area contributed by atoms with E-state index in [4.69, 9.17) is 0 Å². The molecule has 0 atom stereocenters. The van der Waals surface area contributed by atoms with Crippen LogP contribution in [0.5, 0.6) is 5.75 Å². The number of benzene rings is 3. The molecule has 0 aromatic heterocycles. The topological polar surface area (TPSA) is 123 Å². The summed E-state index contributed by atoms with van der Waals surface area (Å²) in [5, 5.41) is 15.6. The molecule has 2 N–H and O–H groups in total. The molecule has 0 saturated heterocycles. The van der Waals surface area contributed by atoms with Crippen LogP contribution in [0.15, 0.2) is 82.8 Å². The number of rotatable bonds is 9. The average Bonchev–Trinajstić information content (AvgIpc) is 2.77. The van der Waals surface area contributed by atoms with Crippen molar-refractivity contribution in [1.82, 2.24) is 0 Å². The fourth-order valence-corrected chi connectivity index (χ4v) is 3.89. The highest BCUT2D eigenvalue weighted by atomic mass is 32.2. The Bertz CT molecular complexity index is 1280. The van der Waals surface area contributed by atoms with Crippen LogP contribution in [0, 0.1) is 10.1 Å². The van der Waals surface area contributed by atoms with Gasteiger partial charge in [0.05, 0.1) is 15.5 Å². The normalized spacial score (nSPS) is 11.8. The van der Waals surface area contributed by atoms with Gasteiger partial charge >= 0.3 is 6.61 Å². The monoisotopic (exact) mass is 476 g/mol. The fraction of sp³-hybridized carbons (Fsp3) is 0.0952. The summed E-state index contributed by atoms with van der Waals surface area (Å²) in [4.78, 5) is 10.5. The molecule has 9 nitrogen and oxygen atoms in total. The molecule has 3 aromatic carbocycles. The number of ether oxygens (including phenoxy) is 1. The molecule has 0 saturated carbocycles. The van der Waals surface area contributed by atoms with Crippen LogP contribution in [0.3, 0.4) is 0 Å². The molecule has 0 spiro atoms. The standard InChI is InChI=1S/C21H18F2N4O5S/c1-14(17-9-5-6-10-20(17)32-21(22)23)24-25-18-12-11-16(13-19(18)27(28)29)33(30,31)26-15-7-3-2-4-8-15/h2-13,21,25-26H,1H3/b24-14-. The van der Waals surface area contributed by atoms with Gasteiger partial charge in [0.1, 0.15) is 11.4 Å². The van der Waals surface area contributed by atoms with Gasteiger partial charge in [0.2, 0.25) is 0 Å². The van der Waals surface area contributed by atoms with E-state index in [9.17, 15) is 27.3 Å². The van der Waals surface area contributed by atoms with Crippen molar-refractivity contribution in [2.45, 2.75) is 18.4 Å². The summed E-state index contributed by atoms with van der Waals surface area (Å²) in [6.45, 7) is -1.54. The Morgan fingerprint density at radius 1 is 1.06 bits per heavy atom. The van der Waals surface area contributed by atoms with E-state index < -0.39 is 27.2 Å². The maximum absolute atomic E-state index is 12.6. The van der Waals surface area contributed by atoms with Crippen molar-refractivity contribution >= 4 is 32.8 Å². The molecule has 0 fully saturated rings. The second-order valence-corrected chi connectivity index (χ2v) is 8.27. The number of sulfonamides is 1. The van der Waals surface area contributed by atoms with Crippen LogP contribution in [0.2, 0.25) is 0 Å². The van der Waals surface area contributed by atoms with Crippen LogP contribution in [0.4, 0.5) is 25.8 Å². The van der Waals surface area contributed by atoms with Gasteiger partial charge in [-0.05, 0) is 43.3 Å². The second kappa shape index (κ2) is 10.0. The maximum Gasteiger partial charge on any atom is 0.387 e. The second-order valence-electron chi connectivity index (χ2n) is 6.59. The summed E-state index contributed by atoms with van der Waals surface area (Å²) < 4.78 is 57.3. The van der Waals surface area contributed by atoms with Crippen LogP contribution in [-0.4, -0.2) is 25.7 Å². The van der Waals surface area contributed by atoms with Crippen LogP contribution >= 0.6 is 0 Å². The lowest BCUT2D eigenvalue weighted by Gasteiger charge is -2.11. The number of nitro benzene ring substituents is 1. The molecule has 12 heteroatoms. The molecular formula is C21H18F2N4O5S. The van der Waals surface area contributed by atoms with Gasteiger partial charge < -0.3 is 4.74 Å². The number of hydrazone groups is 1. The molecule has 0 radical (unpaired) electrons.